The number of unbranched alkanes of at least 4 members (excludes halogenated alkanes) is 14. The van der Waals surface area contributed by atoms with Gasteiger partial charge in [-0.3, -0.25) is 4.79 Å². The molecule has 0 aromatic carbocycles. The zero-order chi connectivity index (χ0) is 21.8. The van der Waals surface area contributed by atoms with E-state index in [4.69, 9.17) is 0 Å². The molecule has 2 nitrogen and oxygen atoms in total. The highest BCUT2D eigenvalue weighted by Crippen LogP contribution is 2.30. The van der Waals surface area contributed by atoms with Crippen molar-refractivity contribution in [2.75, 3.05) is 6.54 Å². The van der Waals surface area contributed by atoms with Crippen LogP contribution in [0.15, 0.2) is 0 Å². The summed E-state index contributed by atoms with van der Waals surface area (Å²) in [5.74, 6) is 0.945. The van der Waals surface area contributed by atoms with Crippen molar-refractivity contribution in [2.24, 2.45) is 11.3 Å². The van der Waals surface area contributed by atoms with Crippen LogP contribution in [0.25, 0.3) is 0 Å². The smallest absolute Gasteiger partial charge is 0.219 e. The van der Waals surface area contributed by atoms with Crippen LogP contribution in [-0.4, -0.2) is 12.5 Å². The van der Waals surface area contributed by atoms with Crippen molar-refractivity contribution in [3.63, 3.8) is 0 Å². The van der Waals surface area contributed by atoms with Crippen LogP contribution in [0.2, 0.25) is 0 Å². The van der Waals surface area contributed by atoms with E-state index in [-0.39, 0.29) is 5.91 Å². The van der Waals surface area contributed by atoms with E-state index in [1.807, 2.05) is 0 Å². The zero-order valence-corrected chi connectivity index (χ0v) is 20.9. The van der Waals surface area contributed by atoms with E-state index in [0.717, 1.165) is 19.4 Å². The van der Waals surface area contributed by atoms with Gasteiger partial charge in [0, 0.05) is 13.0 Å². The van der Waals surface area contributed by atoms with Crippen molar-refractivity contribution in [3.05, 3.63) is 0 Å². The summed E-state index contributed by atoms with van der Waals surface area (Å²) in [6.07, 6.45) is 23.5. The van der Waals surface area contributed by atoms with Crippen molar-refractivity contribution >= 4 is 5.91 Å². The van der Waals surface area contributed by atoms with Gasteiger partial charge in [-0.05, 0) is 30.6 Å². The maximum atomic E-state index is 11.9. The molecule has 0 rings (SSSR count). The van der Waals surface area contributed by atoms with Gasteiger partial charge in [-0.2, -0.15) is 0 Å². The average molecular weight is 410 g/mol. The molecule has 0 spiro atoms. The van der Waals surface area contributed by atoms with E-state index in [0.29, 0.717) is 17.8 Å². The molecular weight excluding hydrogens is 354 g/mol. The standard InChI is InChI=1S/C27H55NO/c1-6-7-8-9-10-11-12-13-14-15-16-17-18-19-20-22-26(29)28-24-21-23-27(4,5)25(2)3/h25H,6-24H2,1-5H3,(H,28,29). The summed E-state index contributed by atoms with van der Waals surface area (Å²) in [5, 5.41) is 3.10. The van der Waals surface area contributed by atoms with Crippen LogP contribution in [0.4, 0.5) is 0 Å². The Morgan fingerprint density at radius 2 is 1.10 bits per heavy atom. The predicted octanol–water partition coefficient (Wildman–Crippen LogP) is 8.83. The topological polar surface area (TPSA) is 29.1 Å². The van der Waals surface area contributed by atoms with Crippen LogP contribution < -0.4 is 5.32 Å². The molecule has 29 heavy (non-hydrogen) atoms. The largest absolute Gasteiger partial charge is 0.356 e. The van der Waals surface area contributed by atoms with Crippen molar-refractivity contribution < 1.29 is 4.79 Å². The molecule has 0 saturated carbocycles. The fraction of sp³-hybridized carbons (Fsp3) is 0.963. The predicted molar refractivity (Wildman–Crippen MR) is 130 cm³/mol. The summed E-state index contributed by atoms with van der Waals surface area (Å²) in [5.41, 5.74) is 0.374. The van der Waals surface area contributed by atoms with Crippen LogP contribution in [0.1, 0.15) is 150 Å². The lowest BCUT2D eigenvalue weighted by atomic mass is 9.77. The Bertz CT molecular complexity index is 362. The molecule has 0 atom stereocenters. The molecule has 0 unspecified atom stereocenters. The third kappa shape index (κ3) is 19.2. The number of amides is 1. The fourth-order valence-corrected chi connectivity index (χ4v) is 3.81. The molecule has 0 aliphatic rings. The van der Waals surface area contributed by atoms with Crippen molar-refractivity contribution in [3.8, 4) is 0 Å². The third-order valence-electron chi connectivity index (χ3n) is 6.89. The minimum Gasteiger partial charge on any atom is -0.356 e. The summed E-state index contributed by atoms with van der Waals surface area (Å²) >= 11 is 0. The van der Waals surface area contributed by atoms with Gasteiger partial charge in [0.2, 0.25) is 5.91 Å². The van der Waals surface area contributed by atoms with Gasteiger partial charge in [0.1, 0.15) is 0 Å². The summed E-state index contributed by atoms with van der Waals surface area (Å²) in [6, 6.07) is 0. The Labute approximate surface area is 184 Å². The van der Waals surface area contributed by atoms with Crippen LogP contribution in [0.5, 0.6) is 0 Å². The highest BCUT2D eigenvalue weighted by molar-refractivity contribution is 5.75. The average Bonchev–Trinajstić information content (AvgIpc) is 2.68. The van der Waals surface area contributed by atoms with Gasteiger partial charge in [0.25, 0.3) is 0 Å². The second-order valence-electron chi connectivity index (χ2n) is 10.3. The van der Waals surface area contributed by atoms with E-state index in [1.165, 1.54) is 96.3 Å². The van der Waals surface area contributed by atoms with Crippen LogP contribution in [0, 0.1) is 11.3 Å². The van der Waals surface area contributed by atoms with Gasteiger partial charge >= 0.3 is 0 Å². The van der Waals surface area contributed by atoms with Gasteiger partial charge in [-0.15, -0.1) is 0 Å². The number of carbonyl (C=O) groups is 1. The fourth-order valence-electron chi connectivity index (χ4n) is 3.81. The SMILES string of the molecule is CCCCCCCCCCCCCCCCCC(=O)NCCCC(C)(C)C(C)C. The monoisotopic (exact) mass is 409 g/mol. The van der Waals surface area contributed by atoms with E-state index in [1.54, 1.807) is 0 Å². The lowest BCUT2D eigenvalue weighted by Gasteiger charge is -2.29. The second-order valence-corrected chi connectivity index (χ2v) is 10.3. The van der Waals surface area contributed by atoms with E-state index >= 15 is 0 Å². The molecule has 0 saturated heterocycles. The molecule has 0 fully saturated rings. The molecule has 0 aromatic heterocycles. The van der Waals surface area contributed by atoms with Gasteiger partial charge in [-0.25, -0.2) is 0 Å². The highest BCUT2D eigenvalue weighted by atomic mass is 16.1. The molecule has 0 aromatic rings. The van der Waals surface area contributed by atoms with Crippen molar-refractivity contribution in [1.29, 1.82) is 0 Å². The van der Waals surface area contributed by atoms with Crippen LogP contribution in [0.3, 0.4) is 0 Å². The van der Waals surface area contributed by atoms with Crippen molar-refractivity contribution in [2.45, 2.75) is 150 Å². The summed E-state index contributed by atoms with van der Waals surface area (Å²) < 4.78 is 0. The molecular formula is C27H55NO. The summed E-state index contributed by atoms with van der Waals surface area (Å²) in [7, 11) is 0. The first-order valence-electron chi connectivity index (χ1n) is 13.2. The normalized spacial score (nSPS) is 11.9. The molecule has 0 aliphatic carbocycles. The quantitative estimate of drug-likeness (QED) is 0.188. The summed E-state index contributed by atoms with van der Waals surface area (Å²) in [4.78, 5) is 11.9. The number of nitrogens with one attached hydrogen (secondary N) is 1. The van der Waals surface area contributed by atoms with E-state index < -0.39 is 0 Å². The maximum Gasteiger partial charge on any atom is 0.219 e. The number of carbonyl (C=O) groups excluding carboxylic acids is 1. The van der Waals surface area contributed by atoms with Crippen LogP contribution >= 0.6 is 0 Å². The highest BCUT2D eigenvalue weighted by Gasteiger charge is 2.21. The zero-order valence-electron chi connectivity index (χ0n) is 20.9. The minimum absolute atomic E-state index is 0.252. The molecule has 0 bridgehead atoms. The third-order valence-corrected chi connectivity index (χ3v) is 6.89. The molecule has 174 valence electrons. The second kappa shape index (κ2) is 19.4. The lowest BCUT2D eigenvalue weighted by Crippen LogP contribution is -2.26. The van der Waals surface area contributed by atoms with Gasteiger partial charge in [0.05, 0.1) is 0 Å². The number of rotatable bonds is 21. The van der Waals surface area contributed by atoms with Gasteiger partial charge in [0.15, 0.2) is 0 Å². The van der Waals surface area contributed by atoms with Crippen LogP contribution in [-0.2, 0) is 4.79 Å². The molecule has 1 N–H and O–H groups in total. The molecule has 0 radical (unpaired) electrons. The first kappa shape index (κ1) is 28.5. The Balaban J connectivity index is 3.27. The molecule has 2 heteroatoms. The van der Waals surface area contributed by atoms with Gasteiger partial charge < -0.3 is 5.32 Å². The lowest BCUT2D eigenvalue weighted by molar-refractivity contribution is -0.121. The first-order valence-corrected chi connectivity index (χ1v) is 13.2. The maximum absolute atomic E-state index is 11.9. The van der Waals surface area contributed by atoms with E-state index in [9.17, 15) is 4.79 Å². The first-order chi connectivity index (χ1) is 13.9. The summed E-state index contributed by atoms with van der Waals surface area (Å²) in [6.45, 7) is 12.4. The number of hydrogen-bond donors (Lipinski definition) is 1. The molecule has 1 amide bonds. The Morgan fingerprint density at radius 3 is 1.52 bits per heavy atom. The molecule has 0 aliphatic heterocycles. The Hall–Kier alpha value is -0.530. The van der Waals surface area contributed by atoms with Gasteiger partial charge in [-0.1, -0.05) is 125 Å². The number of hydrogen-bond acceptors (Lipinski definition) is 1. The van der Waals surface area contributed by atoms with Crippen molar-refractivity contribution in [1.82, 2.24) is 5.32 Å². The minimum atomic E-state index is 0.252. The Morgan fingerprint density at radius 1 is 0.690 bits per heavy atom. The van der Waals surface area contributed by atoms with E-state index in [2.05, 4.69) is 39.9 Å². The molecule has 0 heterocycles. The Kier molecular flexibility index (Phi) is 19.1.